The van der Waals surface area contributed by atoms with Crippen LogP contribution < -0.4 is 10.2 Å². The summed E-state index contributed by atoms with van der Waals surface area (Å²) in [5, 5.41) is 11.0. The Morgan fingerprint density at radius 1 is 0.971 bits per heavy atom. The fourth-order valence-corrected chi connectivity index (χ4v) is 3.81. The first-order valence-corrected chi connectivity index (χ1v) is 11.1. The number of amides is 2. The minimum absolute atomic E-state index is 0.00960. The number of hydrogen-bond acceptors (Lipinski definition) is 4. The number of rotatable bonds is 6. The predicted molar refractivity (Wildman–Crippen MR) is 128 cm³/mol. The van der Waals surface area contributed by atoms with Crippen molar-refractivity contribution in [1.29, 1.82) is 0 Å². The van der Waals surface area contributed by atoms with Crippen LogP contribution in [-0.2, 0) is 16.1 Å². The first-order valence-electron chi connectivity index (χ1n) is 11.1. The first-order chi connectivity index (χ1) is 16.6. The van der Waals surface area contributed by atoms with Gasteiger partial charge in [0.1, 0.15) is 29.7 Å². The maximum Gasteiger partial charge on any atom is 0.249 e. The van der Waals surface area contributed by atoms with E-state index in [0.717, 1.165) is 0 Å². The van der Waals surface area contributed by atoms with Crippen molar-refractivity contribution < 1.29 is 18.4 Å². The lowest BCUT2D eigenvalue weighted by molar-refractivity contribution is -0.128. The van der Waals surface area contributed by atoms with Crippen LogP contribution in [0.2, 0.25) is 0 Å². The topological polar surface area (TPSA) is 80.1 Å². The van der Waals surface area contributed by atoms with Gasteiger partial charge in [-0.1, -0.05) is 35.5 Å². The predicted octanol–water partition coefficient (Wildman–Crippen LogP) is 4.40. The third-order valence-electron chi connectivity index (χ3n) is 5.28. The number of benzene rings is 3. The van der Waals surface area contributed by atoms with E-state index < -0.39 is 35.0 Å². The molecule has 1 aromatic heterocycles. The van der Waals surface area contributed by atoms with Gasteiger partial charge in [0, 0.05) is 16.8 Å². The number of aromatic nitrogens is 3. The van der Waals surface area contributed by atoms with Crippen LogP contribution in [0.5, 0.6) is 0 Å². The third kappa shape index (κ3) is 5.34. The van der Waals surface area contributed by atoms with E-state index in [2.05, 4.69) is 15.6 Å². The molecule has 1 atom stereocenters. The normalized spacial score (nSPS) is 12.4. The average Bonchev–Trinajstić information content (AvgIpc) is 3.20. The van der Waals surface area contributed by atoms with Gasteiger partial charge in [0.05, 0.1) is 5.52 Å². The van der Waals surface area contributed by atoms with Crippen molar-refractivity contribution in [2.45, 2.75) is 38.9 Å². The van der Waals surface area contributed by atoms with Crippen LogP contribution in [0.15, 0.2) is 72.8 Å². The van der Waals surface area contributed by atoms with Crippen LogP contribution in [0.4, 0.5) is 14.5 Å². The molecule has 0 bridgehead atoms. The van der Waals surface area contributed by atoms with Crippen LogP contribution in [0.1, 0.15) is 32.4 Å². The van der Waals surface area contributed by atoms with E-state index in [9.17, 15) is 14.0 Å². The quantitative estimate of drug-likeness (QED) is 0.447. The number of halogens is 2. The highest BCUT2D eigenvalue weighted by Crippen LogP contribution is 2.31. The third-order valence-corrected chi connectivity index (χ3v) is 5.28. The number of nitrogens with one attached hydrogen (secondary N) is 1. The molecule has 2 amide bonds. The van der Waals surface area contributed by atoms with Gasteiger partial charge < -0.3 is 5.32 Å². The highest BCUT2D eigenvalue weighted by atomic mass is 19.1. The molecule has 35 heavy (non-hydrogen) atoms. The molecule has 3 aromatic carbocycles. The summed E-state index contributed by atoms with van der Waals surface area (Å²) in [5.41, 5.74) is 0.819. The number of para-hydroxylation sites is 1. The van der Waals surface area contributed by atoms with Crippen molar-refractivity contribution in [2.75, 3.05) is 4.90 Å². The summed E-state index contributed by atoms with van der Waals surface area (Å²) in [6.07, 6.45) is 0. The fourth-order valence-electron chi connectivity index (χ4n) is 3.81. The summed E-state index contributed by atoms with van der Waals surface area (Å²) < 4.78 is 30.2. The Kier molecular flexibility index (Phi) is 6.59. The smallest absolute Gasteiger partial charge is 0.249 e. The summed E-state index contributed by atoms with van der Waals surface area (Å²) in [6, 6.07) is 16.7. The molecule has 0 unspecified atom stereocenters. The second-order valence-electron chi connectivity index (χ2n) is 9.14. The van der Waals surface area contributed by atoms with Gasteiger partial charge in [0.15, 0.2) is 0 Å². The SMILES string of the molecule is CC(C)(C)NC(=O)[C@@H](c1ccccc1F)N(C(=O)Cn1nnc2ccccc21)c1ccc(F)cc1. The maximum atomic E-state index is 15.0. The molecular formula is C26H25F2N5O2. The summed E-state index contributed by atoms with van der Waals surface area (Å²) >= 11 is 0. The zero-order chi connectivity index (χ0) is 25.2. The Morgan fingerprint density at radius 3 is 2.31 bits per heavy atom. The molecule has 9 heteroatoms. The average molecular weight is 478 g/mol. The standard InChI is InChI=1S/C26H25F2N5O2/c1-26(2,3)29-25(35)24(19-8-4-5-9-20(19)28)33(18-14-12-17(27)13-15-18)23(34)16-32-22-11-7-6-10-21(22)30-31-32/h4-15,24H,16H2,1-3H3,(H,29,35)/t24-/m1/s1. The van der Waals surface area contributed by atoms with Crippen molar-refractivity contribution >= 4 is 28.5 Å². The Bertz CT molecular complexity index is 1360. The van der Waals surface area contributed by atoms with Crippen molar-refractivity contribution in [2.24, 2.45) is 0 Å². The molecular weight excluding hydrogens is 452 g/mol. The largest absolute Gasteiger partial charge is 0.349 e. The molecule has 0 fully saturated rings. The summed E-state index contributed by atoms with van der Waals surface area (Å²) in [6.45, 7) is 5.09. The molecule has 0 spiro atoms. The number of hydrogen-bond donors (Lipinski definition) is 1. The van der Waals surface area contributed by atoms with Crippen LogP contribution in [-0.4, -0.2) is 32.3 Å². The van der Waals surface area contributed by atoms with Gasteiger partial charge in [-0.2, -0.15) is 0 Å². The zero-order valence-corrected chi connectivity index (χ0v) is 19.6. The number of nitrogens with zero attached hydrogens (tertiary/aromatic N) is 4. The van der Waals surface area contributed by atoms with Gasteiger partial charge in [-0.05, 0) is 63.2 Å². The number of fused-ring (bicyclic) bond motifs is 1. The molecule has 4 rings (SSSR count). The minimum atomic E-state index is -1.36. The van der Waals surface area contributed by atoms with Crippen molar-refractivity contribution in [3.63, 3.8) is 0 Å². The van der Waals surface area contributed by atoms with Crippen molar-refractivity contribution in [3.8, 4) is 0 Å². The Balaban J connectivity index is 1.83. The second-order valence-corrected chi connectivity index (χ2v) is 9.14. The molecule has 4 aromatic rings. The van der Waals surface area contributed by atoms with Crippen LogP contribution >= 0.6 is 0 Å². The van der Waals surface area contributed by atoms with Crippen LogP contribution in [0.25, 0.3) is 11.0 Å². The summed E-state index contributed by atoms with van der Waals surface area (Å²) in [4.78, 5) is 28.5. The lowest BCUT2D eigenvalue weighted by Gasteiger charge is -2.34. The van der Waals surface area contributed by atoms with Gasteiger partial charge >= 0.3 is 0 Å². The minimum Gasteiger partial charge on any atom is -0.349 e. The Hall–Kier alpha value is -4.14. The molecule has 0 aliphatic rings. The molecule has 0 aliphatic heterocycles. The second kappa shape index (κ2) is 9.61. The van der Waals surface area contributed by atoms with E-state index in [1.807, 2.05) is 0 Å². The highest BCUT2D eigenvalue weighted by Gasteiger charge is 2.36. The van der Waals surface area contributed by atoms with E-state index in [1.54, 1.807) is 51.1 Å². The van der Waals surface area contributed by atoms with E-state index >= 15 is 4.39 Å². The van der Waals surface area contributed by atoms with Gasteiger partial charge in [-0.3, -0.25) is 14.5 Å². The van der Waals surface area contributed by atoms with Gasteiger partial charge in [-0.15, -0.1) is 5.10 Å². The van der Waals surface area contributed by atoms with E-state index in [0.29, 0.717) is 11.0 Å². The molecule has 0 saturated carbocycles. The zero-order valence-electron chi connectivity index (χ0n) is 19.6. The van der Waals surface area contributed by atoms with Gasteiger partial charge in [0.25, 0.3) is 0 Å². The van der Waals surface area contributed by atoms with Crippen LogP contribution in [0, 0.1) is 11.6 Å². The Labute approximate surface area is 201 Å². The number of anilines is 1. The summed E-state index contributed by atoms with van der Waals surface area (Å²) in [5.74, 6) is -2.29. The lowest BCUT2D eigenvalue weighted by atomic mass is 10.00. The molecule has 1 N–H and O–H groups in total. The van der Waals surface area contributed by atoms with Crippen molar-refractivity contribution in [1.82, 2.24) is 20.3 Å². The molecule has 0 saturated heterocycles. The van der Waals surface area contributed by atoms with Gasteiger partial charge in [0.2, 0.25) is 11.8 Å². The molecule has 0 aliphatic carbocycles. The van der Waals surface area contributed by atoms with Crippen LogP contribution in [0.3, 0.4) is 0 Å². The lowest BCUT2D eigenvalue weighted by Crippen LogP contribution is -2.50. The number of carbonyl (C=O) groups is 2. The number of carbonyl (C=O) groups excluding carboxylic acids is 2. The first kappa shape index (κ1) is 24.0. The van der Waals surface area contributed by atoms with Crippen molar-refractivity contribution in [3.05, 3.63) is 90.0 Å². The molecule has 180 valence electrons. The monoisotopic (exact) mass is 477 g/mol. The van der Waals surface area contributed by atoms with E-state index in [4.69, 9.17) is 0 Å². The molecule has 0 radical (unpaired) electrons. The Morgan fingerprint density at radius 2 is 1.63 bits per heavy atom. The molecule has 1 heterocycles. The van der Waals surface area contributed by atoms with Gasteiger partial charge in [-0.25, -0.2) is 13.5 Å². The maximum absolute atomic E-state index is 15.0. The highest BCUT2D eigenvalue weighted by molar-refractivity contribution is 6.01. The van der Waals surface area contributed by atoms with E-state index in [-0.39, 0.29) is 17.8 Å². The van der Waals surface area contributed by atoms with E-state index in [1.165, 1.54) is 52.0 Å². The summed E-state index contributed by atoms with van der Waals surface area (Å²) in [7, 11) is 0. The molecule has 7 nitrogen and oxygen atoms in total. The fraction of sp³-hybridized carbons (Fsp3) is 0.231.